The molecule has 0 unspecified atom stereocenters. The minimum absolute atomic E-state index is 0.110. The molecule has 2 aromatic carbocycles. The van der Waals surface area contributed by atoms with Crippen LogP contribution in [-0.2, 0) is 0 Å². The number of aromatic nitrogens is 2. The van der Waals surface area contributed by atoms with Crippen LogP contribution in [0, 0.1) is 5.82 Å². The van der Waals surface area contributed by atoms with Crippen LogP contribution in [0.15, 0.2) is 42.5 Å². The maximum Gasteiger partial charge on any atom is 0.166 e. The Morgan fingerprint density at radius 2 is 1.71 bits per heavy atom. The average Bonchev–Trinajstić information content (AvgIpc) is 3.00. The van der Waals surface area contributed by atoms with E-state index in [9.17, 15) is 14.3 Å². The Morgan fingerprint density at radius 1 is 1.05 bits per heavy atom. The fraction of sp³-hybridized carbons (Fsp3) is 0. The molecule has 1 N–H and O–H groups in total. The lowest BCUT2D eigenvalue weighted by Gasteiger charge is -2.01. The van der Waals surface area contributed by atoms with Crippen molar-refractivity contribution in [3.05, 3.63) is 53.8 Å². The van der Waals surface area contributed by atoms with Crippen LogP contribution in [0.2, 0.25) is 0 Å². The SMILES string of the molecule is O=Cc1cc(-c2nnc(-c3ccccc3)s2)cc(F)c1O. The quantitative estimate of drug-likeness (QED) is 0.752. The van der Waals surface area contributed by atoms with Crippen molar-refractivity contribution in [2.24, 2.45) is 0 Å². The third-order valence-electron chi connectivity index (χ3n) is 2.91. The van der Waals surface area contributed by atoms with Gasteiger partial charge in [-0.25, -0.2) is 4.39 Å². The predicted molar refractivity (Wildman–Crippen MR) is 77.8 cm³/mol. The van der Waals surface area contributed by atoms with Crippen molar-refractivity contribution in [1.29, 1.82) is 0 Å². The number of phenols is 1. The van der Waals surface area contributed by atoms with Crippen molar-refractivity contribution in [2.75, 3.05) is 0 Å². The normalized spacial score (nSPS) is 10.5. The molecule has 0 amide bonds. The number of rotatable bonds is 3. The molecule has 0 spiro atoms. The molecule has 0 radical (unpaired) electrons. The summed E-state index contributed by atoms with van der Waals surface area (Å²) in [7, 11) is 0. The maximum atomic E-state index is 13.6. The summed E-state index contributed by atoms with van der Waals surface area (Å²) >= 11 is 1.29. The number of aldehydes is 1. The van der Waals surface area contributed by atoms with E-state index in [0.717, 1.165) is 11.6 Å². The second-order valence-corrected chi connectivity index (χ2v) is 5.27. The first-order chi connectivity index (χ1) is 10.2. The topological polar surface area (TPSA) is 63.1 Å². The van der Waals surface area contributed by atoms with Crippen LogP contribution < -0.4 is 0 Å². The molecule has 0 aliphatic carbocycles. The molecule has 0 aliphatic rings. The second-order valence-electron chi connectivity index (χ2n) is 4.29. The highest BCUT2D eigenvalue weighted by Gasteiger charge is 2.14. The summed E-state index contributed by atoms with van der Waals surface area (Å²) in [4.78, 5) is 10.8. The highest BCUT2D eigenvalue weighted by Crippen LogP contribution is 2.33. The van der Waals surface area contributed by atoms with Gasteiger partial charge in [-0.1, -0.05) is 41.7 Å². The van der Waals surface area contributed by atoms with Crippen LogP contribution in [0.3, 0.4) is 0 Å². The summed E-state index contributed by atoms with van der Waals surface area (Å²) in [5.74, 6) is -1.51. The summed E-state index contributed by atoms with van der Waals surface area (Å²) in [6.07, 6.45) is 0.404. The van der Waals surface area contributed by atoms with Crippen LogP contribution in [0.25, 0.3) is 21.1 Å². The number of hydrogen-bond acceptors (Lipinski definition) is 5. The van der Waals surface area contributed by atoms with Crippen LogP contribution in [-0.4, -0.2) is 21.6 Å². The van der Waals surface area contributed by atoms with Gasteiger partial charge in [-0.3, -0.25) is 4.79 Å². The molecular weight excluding hydrogens is 291 g/mol. The second kappa shape index (κ2) is 5.41. The number of nitrogens with zero attached hydrogens (tertiary/aromatic N) is 2. The van der Waals surface area contributed by atoms with Gasteiger partial charge in [0.15, 0.2) is 17.9 Å². The van der Waals surface area contributed by atoms with Crippen molar-refractivity contribution >= 4 is 17.6 Å². The minimum Gasteiger partial charge on any atom is -0.504 e. The number of phenolic OH excluding ortho intramolecular Hbond substituents is 1. The van der Waals surface area contributed by atoms with Gasteiger partial charge in [-0.2, -0.15) is 0 Å². The van der Waals surface area contributed by atoms with Crippen LogP contribution in [0.4, 0.5) is 4.39 Å². The molecule has 1 heterocycles. The number of benzene rings is 2. The molecule has 104 valence electrons. The molecule has 4 nitrogen and oxygen atoms in total. The number of halogens is 1. The molecule has 0 aliphatic heterocycles. The van der Waals surface area contributed by atoms with Gasteiger partial charge in [0.2, 0.25) is 0 Å². The zero-order chi connectivity index (χ0) is 14.8. The van der Waals surface area contributed by atoms with E-state index < -0.39 is 11.6 Å². The predicted octanol–water partition coefficient (Wildman–Crippen LogP) is 3.53. The van der Waals surface area contributed by atoms with E-state index in [4.69, 9.17) is 0 Å². The van der Waals surface area contributed by atoms with Gasteiger partial charge in [0.1, 0.15) is 10.0 Å². The molecule has 0 fully saturated rings. The highest BCUT2D eigenvalue weighted by atomic mass is 32.1. The van der Waals surface area contributed by atoms with Crippen molar-refractivity contribution < 1.29 is 14.3 Å². The number of carbonyl (C=O) groups excluding carboxylic acids is 1. The molecule has 0 saturated heterocycles. The Kier molecular flexibility index (Phi) is 3.45. The third kappa shape index (κ3) is 2.53. The lowest BCUT2D eigenvalue weighted by atomic mass is 10.1. The molecular formula is C15H9FN2O2S. The van der Waals surface area contributed by atoms with E-state index in [2.05, 4.69) is 10.2 Å². The van der Waals surface area contributed by atoms with E-state index in [1.54, 1.807) is 0 Å². The van der Waals surface area contributed by atoms with Gasteiger partial charge in [0.05, 0.1) is 5.56 Å². The van der Waals surface area contributed by atoms with Crippen LogP contribution >= 0.6 is 11.3 Å². The molecule has 1 aromatic heterocycles. The molecule has 21 heavy (non-hydrogen) atoms. The molecule has 6 heteroatoms. The summed E-state index contributed by atoms with van der Waals surface area (Å²) in [6, 6.07) is 12.0. The largest absolute Gasteiger partial charge is 0.504 e. The fourth-order valence-corrected chi connectivity index (χ4v) is 2.71. The Morgan fingerprint density at radius 3 is 2.38 bits per heavy atom. The molecule has 0 atom stereocenters. The standard InChI is InChI=1S/C15H9FN2O2S/c16-12-7-10(6-11(8-19)13(12)20)15-18-17-14(21-15)9-4-2-1-3-5-9/h1-8,20H. The fourth-order valence-electron chi connectivity index (χ4n) is 1.87. The van der Waals surface area contributed by atoms with Gasteiger partial charge >= 0.3 is 0 Å². The van der Waals surface area contributed by atoms with Crippen molar-refractivity contribution in [2.45, 2.75) is 0 Å². The molecule has 0 bridgehead atoms. The van der Waals surface area contributed by atoms with Crippen LogP contribution in [0.5, 0.6) is 5.75 Å². The van der Waals surface area contributed by atoms with Gasteiger partial charge in [-0.05, 0) is 12.1 Å². The first-order valence-corrected chi connectivity index (χ1v) is 6.87. The van der Waals surface area contributed by atoms with E-state index in [1.165, 1.54) is 17.4 Å². The average molecular weight is 300 g/mol. The summed E-state index contributed by atoms with van der Waals surface area (Å²) < 4.78 is 13.6. The third-order valence-corrected chi connectivity index (χ3v) is 3.93. The van der Waals surface area contributed by atoms with E-state index in [-0.39, 0.29) is 5.56 Å². The Balaban J connectivity index is 2.05. The zero-order valence-corrected chi connectivity index (χ0v) is 11.5. The Hall–Kier alpha value is -2.60. The van der Waals surface area contributed by atoms with Crippen LogP contribution in [0.1, 0.15) is 10.4 Å². The van der Waals surface area contributed by atoms with Gasteiger partial charge in [-0.15, -0.1) is 10.2 Å². The minimum atomic E-state index is -0.855. The lowest BCUT2D eigenvalue weighted by molar-refractivity contribution is 0.112. The lowest BCUT2D eigenvalue weighted by Crippen LogP contribution is -1.88. The van der Waals surface area contributed by atoms with E-state index >= 15 is 0 Å². The molecule has 3 rings (SSSR count). The number of carbonyl (C=O) groups is 1. The first kappa shape index (κ1) is 13.4. The van der Waals surface area contributed by atoms with Crippen molar-refractivity contribution in [1.82, 2.24) is 10.2 Å². The van der Waals surface area contributed by atoms with E-state index in [0.29, 0.717) is 21.9 Å². The van der Waals surface area contributed by atoms with E-state index in [1.807, 2.05) is 30.3 Å². The monoisotopic (exact) mass is 300 g/mol. The molecule has 3 aromatic rings. The highest BCUT2D eigenvalue weighted by molar-refractivity contribution is 7.17. The summed E-state index contributed by atoms with van der Waals surface area (Å²) in [5, 5.41) is 18.7. The maximum absolute atomic E-state index is 13.6. The first-order valence-electron chi connectivity index (χ1n) is 6.06. The number of aromatic hydroxyl groups is 1. The summed E-state index contributed by atoms with van der Waals surface area (Å²) in [6.45, 7) is 0. The van der Waals surface area contributed by atoms with Crippen molar-refractivity contribution in [3.8, 4) is 26.9 Å². The Labute approximate surface area is 123 Å². The zero-order valence-electron chi connectivity index (χ0n) is 10.7. The van der Waals surface area contributed by atoms with Gasteiger partial charge < -0.3 is 5.11 Å². The Bertz CT molecular complexity index is 803. The smallest absolute Gasteiger partial charge is 0.166 e. The van der Waals surface area contributed by atoms with Gasteiger partial charge in [0, 0.05) is 11.1 Å². The number of hydrogen-bond donors (Lipinski definition) is 1. The van der Waals surface area contributed by atoms with Gasteiger partial charge in [0.25, 0.3) is 0 Å². The van der Waals surface area contributed by atoms with Crippen molar-refractivity contribution in [3.63, 3.8) is 0 Å². The summed E-state index contributed by atoms with van der Waals surface area (Å²) in [5.41, 5.74) is 1.21. The molecule has 0 saturated carbocycles.